The molecular formula is C21H28N2O4. The molecule has 2 fully saturated rings. The van der Waals surface area contributed by atoms with Gasteiger partial charge < -0.3 is 19.4 Å². The fourth-order valence-corrected chi connectivity index (χ4v) is 3.68. The molecule has 27 heavy (non-hydrogen) atoms. The summed E-state index contributed by atoms with van der Waals surface area (Å²) in [6, 6.07) is 9.45. The normalized spacial score (nSPS) is 29.7. The van der Waals surface area contributed by atoms with Gasteiger partial charge in [0.05, 0.1) is 6.04 Å². The van der Waals surface area contributed by atoms with E-state index in [0.29, 0.717) is 13.1 Å². The molecule has 0 saturated carbocycles. The highest BCUT2D eigenvalue weighted by Crippen LogP contribution is 2.39. The molecule has 6 heteroatoms. The third kappa shape index (κ3) is 4.65. The fourth-order valence-electron chi connectivity index (χ4n) is 3.68. The molecule has 4 atom stereocenters. The Morgan fingerprint density at radius 3 is 2.44 bits per heavy atom. The average Bonchev–Trinajstić information content (AvgIpc) is 3.06. The Balaban J connectivity index is 1.82. The van der Waals surface area contributed by atoms with E-state index in [1.807, 2.05) is 56.3 Å². The first-order valence-electron chi connectivity index (χ1n) is 9.23. The van der Waals surface area contributed by atoms with Crippen molar-refractivity contribution in [2.24, 2.45) is 0 Å². The largest absolute Gasteiger partial charge is 0.624 e. The van der Waals surface area contributed by atoms with Gasteiger partial charge in [-0.3, -0.25) is 4.90 Å². The van der Waals surface area contributed by atoms with Crippen molar-refractivity contribution in [2.45, 2.75) is 50.7 Å². The van der Waals surface area contributed by atoms with Crippen LogP contribution in [0.25, 0.3) is 0 Å². The van der Waals surface area contributed by atoms with E-state index in [1.165, 1.54) is 0 Å². The molecule has 0 N–H and O–H groups in total. The van der Waals surface area contributed by atoms with Gasteiger partial charge in [0.2, 0.25) is 0 Å². The van der Waals surface area contributed by atoms with E-state index in [0.717, 1.165) is 10.3 Å². The Labute approximate surface area is 160 Å². The lowest BCUT2D eigenvalue weighted by Crippen LogP contribution is -2.49. The van der Waals surface area contributed by atoms with Gasteiger partial charge in [0, 0.05) is 18.7 Å². The van der Waals surface area contributed by atoms with Crippen molar-refractivity contribution in [3.8, 4) is 0 Å². The van der Waals surface area contributed by atoms with E-state index in [4.69, 9.17) is 14.2 Å². The second-order valence-electron chi connectivity index (χ2n) is 7.30. The molecule has 0 amide bonds. The van der Waals surface area contributed by atoms with Crippen LogP contribution in [0.15, 0.2) is 55.6 Å². The molecule has 2 heterocycles. The molecule has 146 valence electrons. The molecule has 0 spiro atoms. The molecule has 2 aliphatic rings. The summed E-state index contributed by atoms with van der Waals surface area (Å²) in [6.07, 6.45) is 3.99. The van der Waals surface area contributed by atoms with Gasteiger partial charge in [-0.05, 0) is 13.8 Å². The van der Waals surface area contributed by atoms with Crippen LogP contribution >= 0.6 is 0 Å². The van der Waals surface area contributed by atoms with Crippen LogP contribution in [0.4, 0.5) is 0 Å². The summed E-state index contributed by atoms with van der Waals surface area (Å²) in [5, 5.41) is 12.5. The lowest BCUT2D eigenvalue weighted by Gasteiger charge is -2.32. The minimum Gasteiger partial charge on any atom is -0.624 e. The highest BCUT2D eigenvalue weighted by Gasteiger charge is 2.56. The number of hydrogen-bond acceptors (Lipinski definition) is 5. The zero-order valence-electron chi connectivity index (χ0n) is 16.0. The maximum atomic E-state index is 12.5. The minimum absolute atomic E-state index is 0.167. The third-order valence-electron chi connectivity index (χ3n) is 4.70. The zero-order valence-corrected chi connectivity index (χ0v) is 16.0. The van der Waals surface area contributed by atoms with E-state index in [2.05, 4.69) is 18.1 Å². The highest BCUT2D eigenvalue weighted by atomic mass is 16.8. The van der Waals surface area contributed by atoms with Gasteiger partial charge in [0.1, 0.15) is 6.10 Å². The lowest BCUT2D eigenvalue weighted by molar-refractivity contribution is -0.473. The van der Waals surface area contributed by atoms with Crippen molar-refractivity contribution in [1.29, 1.82) is 0 Å². The van der Waals surface area contributed by atoms with Gasteiger partial charge in [-0.2, -0.15) is 0 Å². The second kappa shape index (κ2) is 8.35. The summed E-state index contributed by atoms with van der Waals surface area (Å²) in [5.74, 6) is -0.715. The minimum atomic E-state index is -0.715. The number of benzene rings is 1. The zero-order chi connectivity index (χ0) is 19.4. The summed E-state index contributed by atoms with van der Waals surface area (Å²) in [4.78, 5) is 2.15. The van der Waals surface area contributed by atoms with E-state index in [-0.39, 0.29) is 18.7 Å². The number of nitrogens with zero attached hydrogens (tertiary/aromatic N) is 2. The molecule has 1 aromatic carbocycles. The first-order valence-corrected chi connectivity index (χ1v) is 9.23. The number of ether oxygens (including phenoxy) is 3. The summed E-state index contributed by atoms with van der Waals surface area (Å²) in [5.41, 5.74) is 0.946. The van der Waals surface area contributed by atoms with E-state index in [1.54, 1.807) is 6.21 Å². The van der Waals surface area contributed by atoms with Gasteiger partial charge in [0.15, 0.2) is 30.9 Å². The van der Waals surface area contributed by atoms with Crippen LogP contribution in [0.1, 0.15) is 19.4 Å². The van der Waals surface area contributed by atoms with Crippen molar-refractivity contribution >= 4 is 6.21 Å². The van der Waals surface area contributed by atoms with Crippen molar-refractivity contribution in [1.82, 2.24) is 4.90 Å². The Hall–Kier alpha value is -1.99. The number of rotatable bonds is 8. The molecular weight excluding hydrogens is 344 g/mol. The summed E-state index contributed by atoms with van der Waals surface area (Å²) >= 11 is 0. The Bertz CT molecular complexity index is 679. The lowest BCUT2D eigenvalue weighted by atomic mass is 10.1. The average molecular weight is 372 g/mol. The molecule has 0 bridgehead atoms. The van der Waals surface area contributed by atoms with Crippen LogP contribution in [0.5, 0.6) is 0 Å². The molecule has 6 nitrogen and oxygen atoms in total. The molecule has 2 saturated heterocycles. The number of hydroxylamine groups is 1. The summed E-state index contributed by atoms with van der Waals surface area (Å²) in [7, 11) is 0. The first kappa shape index (κ1) is 19.8. The Kier molecular flexibility index (Phi) is 6.11. The van der Waals surface area contributed by atoms with Gasteiger partial charge >= 0.3 is 0 Å². The molecule has 0 aliphatic carbocycles. The van der Waals surface area contributed by atoms with Crippen LogP contribution in [-0.2, 0) is 20.8 Å². The molecule has 0 radical (unpaired) electrons. The molecule has 0 unspecified atom stereocenters. The topological polar surface area (TPSA) is 57.0 Å². The molecule has 1 aromatic rings. The Morgan fingerprint density at radius 1 is 1.15 bits per heavy atom. The number of hydrogen-bond donors (Lipinski definition) is 0. The van der Waals surface area contributed by atoms with E-state index in [9.17, 15) is 5.21 Å². The summed E-state index contributed by atoms with van der Waals surface area (Å²) in [6.45, 7) is 12.9. The van der Waals surface area contributed by atoms with E-state index >= 15 is 0 Å². The van der Waals surface area contributed by atoms with E-state index < -0.39 is 18.2 Å². The first-order chi connectivity index (χ1) is 12.9. The van der Waals surface area contributed by atoms with Crippen molar-refractivity contribution in [3.05, 3.63) is 66.4 Å². The molecule has 2 aliphatic heterocycles. The highest BCUT2D eigenvalue weighted by molar-refractivity contribution is 5.60. The SMILES string of the molecule is C=CCN(CC=C)[C@@H]1[C@H]2OC(C)(C)O[C@H]2O[C@@H]1/C=[N+](/[O-])Cc1ccccc1. The third-order valence-corrected chi connectivity index (χ3v) is 4.70. The number of fused-ring (bicyclic) bond motifs is 1. The smallest absolute Gasteiger partial charge is 0.189 e. The quantitative estimate of drug-likeness (QED) is 0.231. The van der Waals surface area contributed by atoms with Crippen LogP contribution in [0.2, 0.25) is 0 Å². The van der Waals surface area contributed by atoms with Gasteiger partial charge in [0.25, 0.3) is 0 Å². The fraction of sp³-hybridized carbons (Fsp3) is 0.476. The molecule has 0 aromatic heterocycles. The summed E-state index contributed by atoms with van der Waals surface area (Å²) < 4.78 is 18.9. The maximum Gasteiger partial charge on any atom is 0.189 e. The second-order valence-corrected chi connectivity index (χ2v) is 7.30. The monoisotopic (exact) mass is 372 g/mol. The van der Waals surface area contributed by atoms with Crippen LogP contribution in [-0.4, -0.2) is 59.3 Å². The van der Waals surface area contributed by atoms with Crippen LogP contribution in [0.3, 0.4) is 0 Å². The van der Waals surface area contributed by atoms with Gasteiger partial charge in [-0.1, -0.05) is 42.5 Å². The van der Waals surface area contributed by atoms with Gasteiger partial charge in [-0.25, -0.2) is 4.74 Å². The Morgan fingerprint density at radius 2 is 1.81 bits per heavy atom. The predicted molar refractivity (Wildman–Crippen MR) is 104 cm³/mol. The van der Waals surface area contributed by atoms with Crippen molar-refractivity contribution in [2.75, 3.05) is 13.1 Å². The molecule has 3 rings (SSSR count). The predicted octanol–water partition coefficient (Wildman–Crippen LogP) is 2.69. The van der Waals surface area contributed by atoms with Crippen LogP contribution < -0.4 is 0 Å². The van der Waals surface area contributed by atoms with Gasteiger partial charge in [-0.15, -0.1) is 13.2 Å². The van der Waals surface area contributed by atoms with Crippen LogP contribution in [0, 0.1) is 5.21 Å². The maximum absolute atomic E-state index is 12.5. The van der Waals surface area contributed by atoms with Crippen molar-refractivity contribution in [3.63, 3.8) is 0 Å². The van der Waals surface area contributed by atoms with Crippen molar-refractivity contribution < 1.29 is 18.9 Å². The standard InChI is InChI=1S/C21H28N2O4/c1-5-12-22(13-6-2)18-17(25-20-19(18)26-21(3,4)27-20)15-23(24)14-16-10-8-7-9-11-16/h5-11,15,17-20H,1-2,12-14H2,3-4H3/b23-15+/t17-,18+,19-,20-/m1/s1.